The number of benzene rings is 1. The van der Waals surface area contributed by atoms with Gasteiger partial charge in [0.05, 0.1) is 17.3 Å². The lowest BCUT2D eigenvalue weighted by Gasteiger charge is -2.14. The second-order valence-corrected chi connectivity index (χ2v) is 6.40. The molecular formula is C18H20N2O3. The molecule has 120 valence electrons. The van der Waals surface area contributed by atoms with Crippen LogP contribution in [0.1, 0.15) is 54.1 Å². The van der Waals surface area contributed by atoms with Crippen molar-refractivity contribution in [2.24, 2.45) is 0 Å². The van der Waals surface area contributed by atoms with E-state index in [0.29, 0.717) is 12.0 Å². The average Bonchev–Trinajstić information content (AvgIpc) is 2.99. The van der Waals surface area contributed by atoms with Crippen molar-refractivity contribution in [1.82, 2.24) is 10.1 Å². The third-order valence-electron chi connectivity index (χ3n) is 4.97. The maximum Gasteiger partial charge on any atom is 0.361 e. The van der Waals surface area contributed by atoms with E-state index in [1.165, 1.54) is 15.9 Å². The lowest BCUT2D eigenvalue weighted by Crippen LogP contribution is -2.32. The number of carbonyl (C=O) groups excluding carboxylic acids is 1. The Morgan fingerprint density at radius 3 is 2.87 bits per heavy atom. The molecule has 4 rings (SSSR count). The fourth-order valence-corrected chi connectivity index (χ4v) is 3.78. The van der Waals surface area contributed by atoms with Gasteiger partial charge in [-0.3, -0.25) is 0 Å². The number of aryl methyl sites for hydroxylation is 1. The van der Waals surface area contributed by atoms with Crippen LogP contribution in [0.2, 0.25) is 0 Å². The van der Waals surface area contributed by atoms with Crippen LogP contribution in [0.25, 0.3) is 0 Å². The van der Waals surface area contributed by atoms with Gasteiger partial charge in [0.2, 0.25) is 0 Å². The number of carbonyl (C=O) groups is 1. The molecule has 0 bridgehead atoms. The predicted octanol–water partition coefficient (Wildman–Crippen LogP) is 2.96. The predicted molar refractivity (Wildman–Crippen MR) is 85.7 cm³/mol. The Morgan fingerprint density at radius 2 is 1.96 bits per heavy atom. The van der Waals surface area contributed by atoms with Crippen molar-refractivity contribution >= 4 is 6.03 Å². The van der Waals surface area contributed by atoms with Gasteiger partial charge in [-0.1, -0.05) is 30.7 Å². The van der Waals surface area contributed by atoms with E-state index in [2.05, 4.69) is 17.4 Å². The number of nitrogens with one attached hydrogen (secondary N) is 1. The van der Waals surface area contributed by atoms with Crippen molar-refractivity contribution in [3.05, 3.63) is 57.1 Å². The quantitative estimate of drug-likeness (QED) is 0.823. The van der Waals surface area contributed by atoms with Crippen molar-refractivity contribution in [2.45, 2.75) is 51.0 Å². The third-order valence-corrected chi connectivity index (χ3v) is 4.97. The highest BCUT2D eigenvalue weighted by Crippen LogP contribution is 2.30. The zero-order valence-electron chi connectivity index (χ0n) is 13.0. The van der Waals surface area contributed by atoms with Crippen molar-refractivity contribution in [3.8, 4) is 0 Å². The number of fused-ring (bicyclic) bond motifs is 2. The number of hydrogen-bond acceptors (Lipinski definition) is 3. The topological polar surface area (TPSA) is 64.2 Å². The Labute approximate surface area is 134 Å². The summed E-state index contributed by atoms with van der Waals surface area (Å²) in [4.78, 5) is 24.6. The molecule has 1 N–H and O–H groups in total. The van der Waals surface area contributed by atoms with E-state index in [-0.39, 0.29) is 17.7 Å². The number of rotatable bonds is 1. The monoisotopic (exact) mass is 312 g/mol. The molecule has 1 heterocycles. The van der Waals surface area contributed by atoms with E-state index in [1.54, 1.807) is 0 Å². The van der Waals surface area contributed by atoms with Gasteiger partial charge < -0.3 is 9.84 Å². The number of amides is 1. The molecule has 0 radical (unpaired) electrons. The molecule has 0 aliphatic heterocycles. The average molecular weight is 312 g/mol. The maximum absolute atomic E-state index is 12.6. The molecule has 1 aromatic carbocycles. The summed E-state index contributed by atoms with van der Waals surface area (Å²) in [6.45, 7) is 0. The Hall–Kier alpha value is -2.30. The summed E-state index contributed by atoms with van der Waals surface area (Å²) in [5, 5.41) is 3.03. The SMILES string of the molecule is O=C(N[C@H]1CCc2ccccc21)n1oc(=O)c2c1CCCCC2. The fraction of sp³-hybridized carbons (Fsp3) is 0.444. The van der Waals surface area contributed by atoms with E-state index < -0.39 is 0 Å². The summed E-state index contributed by atoms with van der Waals surface area (Å²) < 4.78 is 6.43. The summed E-state index contributed by atoms with van der Waals surface area (Å²) in [6.07, 6.45) is 6.37. The lowest BCUT2D eigenvalue weighted by atomic mass is 10.1. The molecule has 5 nitrogen and oxygen atoms in total. The summed E-state index contributed by atoms with van der Waals surface area (Å²) in [5.41, 5.74) is 3.54. The van der Waals surface area contributed by atoms with Crippen molar-refractivity contribution in [1.29, 1.82) is 0 Å². The van der Waals surface area contributed by atoms with Gasteiger partial charge in [-0.15, -0.1) is 4.74 Å². The summed E-state index contributed by atoms with van der Waals surface area (Å²) in [6, 6.07) is 7.84. The van der Waals surface area contributed by atoms with Crippen LogP contribution in [0.15, 0.2) is 33.6 Å². The first-order valence-electron chi connectivity index (χ1n) is 8.37. The van der Waals surface area contributed by atoms with Gasteiger partial charge in [-0.25, -0.2) is 9.59 Å². The molecule has 23 heavy (non-hydrogen) atoms. The Morgan fingerprint density at radius 1 is 1.13 bits per heavy atom. The number of nitrogens with zero attached hydrogens (tertiary/aromatic N) is 1. The molecule has 1 amide bonds. The highest BCUT2D eigenvalue weighted by Gasteiger charge is 2.27. The van der Waals surface area contributed by atoms with Gasteiger partial charge in [0.15, 0.2) is 0 Å². The molecule has 0 spiro atoms. The first kappa shape index (κ1) is 14.3. The van der Waals surface area contributed by atoms with Crippen LogP contribution in [-0.2, 0) is 19.3 Å². The van der Waals surface area contributed by atoms with E-state index in [4.69, 9.17) is 4.52 Å². The zero-order valence-corrected chi connectivity index (χ0v) is 13.0. The fourth-order valence-electron chi connectivity index (χ4n) is 3.78. The van der Waals surface area contributed by atoms with E-state index in [1.807, 2.05) is 12.1 Å². The van der Waals surface area contributed by atoms with E-state index >= 15 is 0 Å². The van der Waals surface area contributed by atoms with Crippen LogP contribution in [0.4, 0.5) is 4.79 Å². The van der Waals surface area contributed by atoms with Crippen molar-refractivity contribution < 1.29 is 9.32 Å². The second-order valence-electron chi connectivity index (χ2n) is 6.40. The Balaban J connectivity index is 1.60. The van der Waals surface area contributed by atoms with Crippen LogP contribution >= 0.6 is 0 Å². The summed E-state index contributed by atoms with van der Waals surface area (Å²) in [7, 11) is 0. The van der Waals surface area contributed by atoms with Gasteiger partial charge in [0.25, 0.3) is 0 Å². The molecule has 0 fully saturated rings. The number of hydrogen-bond donors (Lipinski definition) is 1. The van der Waals surface area contributed by atoms with Crippen LogP contribution in [0, 0.1) is 0 Å². The minimum atomic E-state index is -0.358. The third kappa shape index (κ3) is 2.50. The van der Waals surface area contributed by atoms with E-state index in [9.17, 15) is 9.59 Å². The lowest BCUT2D eigenvalue weighted by molar-refractivity contribution is 0.200. The molecule has 1 atom stereocenters. The normalized spacial score (nSPS) is 19.7. The van der Waals surface area contributed by atoms with Crippen LogP contribution in [0.3, 0.4) is 0 Å². The minimum Gasteiger partial charge on any atom is -0.328 e. The zero-order chi connectivity index (χ0) is 15.8. The molecule has 0 saturated heterocycles. The first-order valence-corrected chi connectivity index (χ1v) is 8.37. The van der Waals surface area contributed by atoms with Crippen molar-refractivity contribution in [2.75, 3.05) is 0 Å². The highest BCUT2D eigenvalue weighted by molar-refractivity contribution is 5.77. The molecule has 2 aliphatic carbocycles. The van der Waals surface area contributed by atoms with E-state index in [0.717, 1.165) is 44.2 Å². The molecule has 0 unspecified atom stereocenters. The van der Waals surface area contributed by atoms with Gasteiger partial charge in [-0.2, -0.15) is 0 Å². The summed E-state index contributed by atoms with van der Waals surface area (Å²) in [5.74, 6) is 0. The van der Waals surface area contributed by atoms with Gasteiger partial charge >= 0.3 is 11.7 Å². The van der Waals surface area contributed by atoms with Crippen LogP contribution < -0.4 is 10.9 Å². The standard InChI is InChI=1S/C18H20N2O3/c21-17-14-8-2-1-3-9-16(14)20(23-17)18(22)19-15-11-10-12-6-4-5-7-13(12)15/h4-7,15H,1-3,8-11H2,(H,19,22)/t15-/m0/s1. The highest BCUT2D eigenvalue weighted by atomic mass is 16.5. The largest absolute Gasteiger partial charge is 0.361 e. The molecular weight excluding hydrogens is 292 g/mol. The van der Waals surface area contributed by atoms with Crippen LogP contribution in [0.5, 0.6) is 0 Å². The van der Waals surface area contributed by atoms with Gasteiger partial charge in [-0.05, 0) is 49.7 Å². The minimum absolute atomic E-state index is 0.00664. The van der Waals surface area contributed by atoms with Gasteiger partial charge in [0.1, 0.15) is 0 Å². The first-order chi connectivity index (χ1) is 11.2. The molecule has 1 aromatic heterocycles. The summed E-state index contributed by atoms with van der Waals surface area (Å²) >= 11 is 0. The maximum atomic E-state index is 12.6. The molecule has 5 heteroatoms. The van der Waals surface area contributed by atoms with Crippen LogP contribution in [-0.4, -0.2) is 10.8 Å². The van der Waals surface area contributed by atoms with Crippen molar-refractivity contribution in [3.63, 3.8) is 0 Å². The Kier molecular flexibility index (Phi) is 3.56. The second kappa shape index (κ2) is 5.72. The number of aromatic nitrogens is 1. The molecule has 2 aromatic rings. The molecule has 2 aliphatic rings. The van der Waals surface area contributed by atoms with Gasteiger partial charge in [0, 0.05) is 0 Å². The Bertz CT molecular complexity index is 803. The smallest absolute Gasteiger partial charge is 0.328 e. The molecule has 0 saturated carbocycles.